The van der Waals surface area contributed by atoms with Crippen LogP contribution in [0.2, 0.25) is 5.02 Å². The van der Waals surface area contributed by atoms with E-state index in [0.717, 1.165) is 36.9 Å². The van der Waals surface area contributed by atoms with E-state index >= 15 is 0 Å². The van der Waals surface area contributed by atoms with Gasteiger partial charge in [-0.25, -0.2) is 4.39 Å². The highest BCUT2D eigenvalue weighted by atomic mass is 35.5. The number of guanidine groups is 1. The van der Waals surface area contributed by atoms with Crippen LogP contribution in [0.1, 0.15) is 24.0 Å². The van der Waals surface area contributed by atoms with Crippen LogP contribution < -0.4 is 10.6 Å². The minimum absolute atomic E-state index is 0.211. The van der Waals surface area contributed by atoms with Gasteiger partial charge in [0.2, 0.25) is 0 Å². The van der Waals surface area contributed by atoms with Gasteiger partial charge in [-0.2, -0.15) is 0 Å². The van der Waals surface area contributed by atoms with E-state index < -0.39 is 0 Å². The van der Waals surface area contributed by atoms with E-state index in [9.17, 15) is 4.39 Å². The SMILES string of the molecule is CNC(=N)NCCCCc1cc(C)c(Cl)c(F)c1. The van der Waals surface area contributed by atoms with E-state index in [-0.39, 0.29) is 10.8 Å². The quantitative estimate of drug-likeness (QED) is 0.438. The van der Waals surface area contributed by atoms with Crippen molar-refractivity contribution in [1.82, 2.24) is 10.6 Å². The number of hydrogen-bond acceptors (Lipinski definition) is 1. The molecule has 0 saturated carbocycles. The van der Waals surface area contributed by atoms with Crippen molar-refractivity contribution in [2.24, 2.45) is 0 Å². The molecule has 0 unspecified atom stereocenters. The van der Waals surface area contributed by atoms with Crippen molar-refractivity contribution in [3.05, 3.63) is 34.1 Å². The maximum Gasteiger partial charge on any atom is 0.188 e. The number of benzene rings is 1. The zero-order valence-electron chi connectivity index (χ0n) is 10.7. The van der Waals surface area contributed by atoms with Crippen LogP contribution in [0.3, 0.4) is 0 Å². The van der Waals surface area contributed by atoms with Crippen molar-refractivity contribution in [1.29, 1.82) is 5.41 Å². The summed E-state index contributed by atoms with van der Waals surface area (Å²) in [6.07, 6.45) is 2.71. The Balaban J connectivity index is 2.34. The molecule has 3 nitrogen and oxygen atoms in total. The topological polar surface area (TPSA) is 47.9 Å². The summed E-state index contributed by atoms with van der Waals surface area (Å²) < 4.78 is 13.4. The first-order valence-corrected chi connectivity index (χ1v) is 6.37. The van der Waals surface area contributed by atoms with E-state index in [2.05, 4.69) is 10.6 Å². The molecule has 0 aliphatic carbocycles. The normalized spacial score (nSPS) is 10.2. The Hall–Kier alpha value is -1.29. The van der Waals surface area contributed by atoms with Crippen LogP contribution >= 0.6 is 11.6 Å². The lowest BCUT2D eigenvalue weighted by atomic mass is 10.1. The lowest BCUT2D eigenvalue weighted by molar-refractivity contribution is 0.622. The maximum absolute atomic E-state index is 13.4. The molecule has 0 radical (unpaired) electrons. The Labute approximate surface area is 112 Å². The van der Waals surface area contributed by atoms with Crippen LogP contribution in [0.25, 0.3) is 0 Å². The summed E-state index contributed by atoms with van der Waals surface area (Å²) in [4.78, 5) is 0. The fourth-order valence-corrected chi connectivity index (χ4v) is 1.81. The smallest absolute Gasteiger partial charge is 0.188 e. The number of nitrogens with one attached hydrogen (secondary N) is 3. The molecule has 18 heavy (non-hydrogen) atoms. The van der Waals surface area contributed by atoms with Crippen LogP contribution in [0.5, 0.6) is 0 Å². The minimum atomic E-state index is -0.346. The van der Waals surface area contributed by atoms with Crippen molar-refractivity contribution in [3.63, 3.8) is 0 Å². The summed E-state index contributed by atoms with van der Waals surface area (Å²) >= 11 is 5.77. The third kappa shape index (κ3) is 4.53. The molecule has 3 N–H and O–H groups in total. The first-order chi connectivity index (χ1) is 8.54. The first-order valence-electron chi connectivity index (χ1n) is 5.99. The monoisotopic (exact) mass is 271 g/mol. The Morgan fingerprint density at radius 2 is 2.11 bits per heavy atom. The number of aryl methyl sites for hydroxylation is 2. The van der Waals surface area contributed by atoms with Gasteiger partial charge in [0.25, 0.3) is 0 Å². The Kier molecular flexibility index (Phi) is 5.92. The second kappa shape index (κ2) is 7.21. The molecule has 1 rings (SSSR count). The number of rotatable bonds is 5. The first kappa shape index (κ1) is 14.8. The van der Waals surface area contributed by atoms with Crippen molar-refractivity contribution in [3.8, 4) is 0 Å². The van der Waals surface area contributed by atoms with Gasteiger partial charge in [0.15, 0.2) is 5.96 Å². The number of hydrogen-bond donors (Lipinski definition) is 3. The highest BCUT2D eigenvalue weighted by Gasteiger charge is 2.05. The number of unbranched alkanes of at least 4 members (excludes halogenated alkanes) is 1. The van der Waals surface area contributed by atoms with Crippen LogP contribution in [-0.4, -0.2) is 19.6 Å². The van der Waals surface area contributed by atoms with Gasteiger partial charge in [0.05, 0.1) is 5.02 Å². The van der Waals surface area contributed by atoms with E-state index in [0.29, 0.717) is 5.96 Å². The molecular weight excluding hydrogens is 253 g/mol. The third-order valence-electron chi connectivity index (χ3n) is 2.71. The molecular formula is C13H19ClFN3. The molecule has 0 aliphatic heterocycles. The van der Waals surface area contributed by atoms with Gasteiger partial charge in [0.1, 0.15) is 5.82 Å². The van der Waals surface area contributed by atoms with E-state index in [4.69, 9.17) is 17.0 Å². The lowest BCUT2D eigenvalue weighted by Gasteiger charge is -2.08. The zero-order valence-corrected chi connectivity index (χ0v) is 11.5. The summed E-state index contributed by atoms with van der Waals surface area (Å²) in [6.45, 7) is 2.56. The van der Waals surface area contributed by atoms with Crippen molar-refractivity contribution in [2.75, 3.05) is 13.6 Å². The van der Waals surface area contributed by atoms with Crippen LogP contribution in [0.4, 0.5) is 4.39 Å². The summed E-state index contributed by atoms with van der Waals surface area (Å²) in [7, 11) is 1.70. The van der Waals surface area contributed by atoms with Gasteiger partial charge in [-0.1, -0.05) is 17.7 Å². The molecule has 0 amide bonds. The second-order valence-electron chi connectivity index (χ2n) is 4.22. The average Bonchev–Trinajstić information content (AvgIpc) is 2.35. The fraction of sp³-hybridized carbons (Fsp3) is 0.462. The fourth-order valence-electron chi connectivity index (χ4n) is 1.70. The molecule has 0 spiro atoms. The number of halogens is 2. The van der Waals surface area contributed by atoms with E-state index in [1.165, 1.54) is 6.07 Å². The van der Waals surface area contributed by atoms with Crippen molar-refractivity contribution < 1.29 is 4.39 Å². The summed E-state index contributed by atoms with van der Waals surface area (Å²) in [5.74, 6) is -0.0230. The maximum atomic E-state index is 13.4. The second-order valence-corrected chi connectivity index (χ2v) is 4.60. The standard InChI is InChI=1S/C13H19ClFN3/c1-9-7-10(8-11(15)12(9)14)5-3-4-6-18-13(16)17-2/h7-8H,3-6H2,1-2H3,(H3,16,17,18). The van der Waals surface area contributed by atoms with Crippen LogP contribution in [0, 0.1) is 18.2 Å². The average molecular weight is 272 g/mol. The summed E-state index contributed by atoms with van der Waals surface area (Å²) in [5.41, 5.74) is 1.75. The third-order valence-corrected chi connectivity index (χ3v) is 3.19. The molecule has 0 atom stereocenters. The molecule has 0 aromatic heterocycles. The molecule has 0 heterocycles. The molecule has 0 bridgehead atoms. The van der Waals surface area contributed by atoms with Gasteiger partial charge < -0.3 is 10.6 Å². The summed E-state index contributed by atoms with van der Waals surface area (Å²) in [6, 6.07) is 3.42. The van der Waals surface area contributed by atoms with E-state index in [1.54, 1.807) is 7.05 Å². The Morgan fingerprint density at radius 3 is 2.72 bits per heavy atom. The zero-order chi connectivity index (χ0) is 13.5. The molecule has 5 heteroatoms. The molecule has 1 aromatic carbocycles. The predicted molar refractivity (Wildman–Crippen MR) is 73.9 cm³/mol. The van der Waals surface area contributed by atoms with Crippen molar-refractivity contribution >= 4 is 17.6 Å². The van der Waals surface area contributed by atoms with Gasteiger partial charge in [0, 0.05) is 13.6 Å². The van der Waals surface area contributed by atoms with Crippen LogP contribution in [-0.2, 0) is 6.42 Å². The highest BCUT2D eigenvalue weighted by Crippen LogP contribution is 2.21. The lowest BCUT2D eigenvalue weighted by Crippen LogP contribution is -2.34. The molecule has 0 saturated heterocycles. The molecule has 0 fully saturated rings. The van der Waals surface area contributed by atoms with Gasteiger partial charge in [-0.3, -0.25) is 5.41 Å². The minimum Gasteiger partial charge on any atom is -0.360 e. The summed E-state index contributed by atoms with van der Waals surface area (Å²) in [5, 5.41) is 13.2. The Morgan fingerprint density at radius 1 is 1.39 bits per heavy atom. The Bertz CT molecular complexity index is 398. The highest BCUT2D eigenvalue weighted by molar-refractivity contribution is 6.31. The van der Waals surface area contributed by atoms with Crippen LogP contribution in [0.15, 0.2) is 12.1 Å². The van der Waals surface area contributed by atoms with Gasteiger partial charge >= 0.3 is 0 Å². The molecule has 0 aliphatic rings. The largest absolute Gasteiger partial charge is 0.360 e. The van der Waals surface area contributed by atoms with E-state index in [1.807, 2.05) is 13.0 Å². The molecule has 100 valence electrons. The predicted octanol–water partition coefficient (Wildman–Crippen LogP) is 2.85. The van der Waals surface area contributed by atoms with Crippen molar-refractivity contribution in [2.45, 2.75) is 26.2 Å². The van der Waals surface area contributed by atoms with Gasteiger partial charge in [-0.05, 0) is 43.4 Å². The van der Waals surface area contributed by atoms with Gasteiger partial charge in [-0.15, -0.1) is 0 Å². The molecule has 1 aromatic rings.